The van der Waals surface area contributed by atoms with Gasteiger partial charge in [-0.2, -0.15) is 0 Å². The van der Waals surface area contributed by atoms with Crippen LogP contribution in [0.2, 0.25) is 0 Å². The summed E-state index contributed by atoms with van der Waals surface area (Å²) in [5.41, 5.74) is 0. The number of rotatable bonds is 4. The summed E-state index contributed by atoms with van der Waals surface area (Å²) in [5.74, 6) is 0.280. The third kappa shape index (κ3) is 3.38. The largest absolute Gasteiger partial charge is 0.396 e. The summed E-state index contributed by atoms with van der Waals surface area (Å²) in [6.07, 6.45) is 1.81. The zero-order valence-electron chi connectivity index (χ0n) is 7.50. The van der Waals surface area contributed by atoms with Gasteiger partial charge in [-0.1, -0.05) is 0 Å². The van der Waals surface area contributed by atoms with Crippen molar-refractivity contribution in [3.05, 3.63) is 24.1 Å². The average Bonchev–Trinajstić information content (AvgIpc) is 2.09. The van der Waals surface area contributed by atoms with Gasteiger partial charge in [-0.3, -0.25) is 0 Å². The van der Waals surface area contributed by atoms with Crippen molar-refractivity contribution in [2.45, 2.75) is 19.4 Å². The molecule has 13 heavy (non-hydrogen) atoms. The van der Waals surface area contributed by atoms with Gasteiger partial charge in [-0.05, 0) is 25.5 Å². The summed E-state index contributed by atoms with van der Waals surface area (Å²) >= 11 is 0. The smallest absolute Gasteiger partial charge is 0.141 e. The Hall–Kier alpha value is -1.16. The Bertz CT molecular complexity index is 250. The van der Waals surface area contributed by atoms with Gasteiger partial charge < -0.3 is 10.4 Å². The van der Waals surface area contributed by atoms with Crippen LogP contribution < -0.4 is 5.32 Å². The quantitative estimate of drug-likeness (QED) is 0.743. The number of nitrogens with one attached hydrogen (secondary N) is 1. The summed E-state index contributed by atoms with van der Waals surface area (Å²) in [5, 5.41) is 11.7. The maximum atomic E-state index is 12.4. The summed E-state index contributed by atoms with van der Waals surface area (Å²) in [7, 11) is 0. The second kappa shape index (κ2) is 4.77. The van der Waals surface area contributed by atoms with Crippen LogP contribution in [0, 0.1) is 5.82 Å². The minimum Gasteiger partial charge on any atom is -0.396 e. The highest BCUT2D eigenvalue weighted by molar-refractivity contribution is 5.34. The first-order valence-electron chi connectivity index (χ1n) is 4.21. The molecule has 0 fully saturated rings. The molecule has 0 saturated carbocycles. The molecule has 0 aromatic carbocycles. The zero-order valence-corrected chi connectivity index (χ0v) is 7.50. The van der Waals surface area contributed by atoms with E-state index in [2.05, 4.69) is 10.3 Å². The summed E-state index contributed by atoms with van der Waals surface area (Å²) in [6, 6.07) is 3.06. The molecule has 72 valence electrons. The van der Waals surface area contributed by atoms with Gasteiger partial charge in [0.2, 0.25) is 0 Å². The fourth-order valence-corrected chi connectivity index (χ4v) is 0.979. The number of anilines is 1. The van der Waals surface area contributed by atoms with E-state index in [1.807, 2.05) is 6.92 Å². The number of nitrogens with zero attached hydrogens (tertiary/aromatic N) is 1. The molecule has 0 spiro atoms. The molecule has 0 saturated heterocycles. The van der Waals surface area contributed by atoms with Crippen LogP contribution in [-0.4, -0.2) is 22.7 Å². The van der Waals surface area contributed by atoms with Gasteiger partial charge in [0.1, 0.15) is 11.6 Å². The first-order chi connectivity index (χ1) is 6.22. The molecule has 1 atom stereocenters. The van der Waals surface area contributed by atoms with Crippen molar-refractivity contribution >= 4 is 5.82 Å². The van der Waals surface area contributed by atoms with Gasteiger partial charge in [0.25, 0.3) is 0 Å². The van der Waals surface area contributed by atoms with Crippen LogP contribution in [-0.2, 0) is 0 Å². The van der Waals surface area contributed by atoms with Crippen molar-refractivity contribution in [3.8, 4) is 0 Å². The molecule has 0 aliphatic carbocycles. The lowest BCUT2D eigenvalue weighted by molar-refractivity contribution is 0.282. The highest BCUT2D eigenvalue weighted by atomic mass is 19.1. The van der Waals surface area contributed by atoms with E-state index in [1.165, 1.54) is 6.07 Å². The number of pyridine rings is 1. The van der Waals surface area contributed by atoms with E-state index >= 15 is 0 Å². The molecule has 0 aliphatic heterocycles. The summed E-state index contributed by atoms with van der Waals surface area (Å²) in [6.45, 7) is 2.07. The van der Waals surface area contributed by atoms with Crippen LogP contribution in [0.5, 0.6) is 0 Å². The Labute approximate surface area is 76.6 Å². The fourth-order valence-electron chi connectivity index (χ4n) is 0.979. The van der Waals surface area contributed by atoms with Crippen molar-refractivity contribution in [3.63, 3.8) is 0 Å². The second-order valence-electron chi connectivity index (χ2n) is 2.92. The Morgan fingerprint density at radius 3 is 2.92 bits per heavy atom. The standard InChI is InChI=1S/C9H13FN2O/c1-7(4-5-13)12-9-3-2-8(10)6-11-9/h2-3,6-7,13H,4-5H2,1H3,(H,11,12)/t7-/m0/s1. The predicted molar refractivity (Wildman–Crippen MR) is 49.0 cm³/mol. The van der Waals surface area contributed by atoms with E-state index in [4.69, 9.17) is 5.11 Å². The zero-order chi connectivity index (χ0) is 9.68. The average molecular weight is 184 g/mol. The molecule has 0 amide bonds. The van der Waals surface area contributed by atoms with Crippen LogP contribution in [0.3, 0.4) is 0 Å². The fraction of sp³-hybridized carbons (Fsp3) is 0.444. The lowest BCUT2D eigenvalue weighted by Crippen LogP contribution is -2.17. The normalized spacial score (nSPS) is 12.5. The van der Waals surface area contributed by atoms with Gasteiger partial charge in [0.15, 0.2) is 0 Å². The first-order valence-corrected chi connectivity index (χ1v) is 4.21. The Balaban J connectivity index is 2.49. The molecule has 1 aromatic rings. The molecular formula is C9H13FN2O. The first kappa shape index (κ1) is 9.92. The number of aliphatic hydroxyl groups is 1. The molecule has 0 radical (unpaired) electrons. The van der Waals surface area contributed by atoms with E-state index in [-0.39, 0.29) is 18.5 Å². The topological polar surface area (TPSA) is 45.1 Å². The van der Waals surface area contributed by atoms with E-state index in [9.17, 15) is 4.39 Å². The maximum Gasteiger partial charge on any atom is 0.141 e. The van der Waals surface area contributed by atoms with Crippen molar-refractivity contribution in [2.24, 2.45) is 0 Å². The minimum atomic E-state index is -0.347. The van der Waals surface area contributed by atoms with Crippen molar-refractivity contribution < 1.29 is 9.50 Å². The van der Waals surface area contributed by atoms with Crippen molar-refractivity contribution in [2.75, 3.05) is 11.9 Å². The summed E-state index contributed by atoms with van der Waals surface area (Å²) < 4.78 is 12.4. The number of aromatic nitrogens is 1. The molecule has 4 heteroatoms. The molecule has 0 aliphatic rings. The number of hydrogen-bond acceptors (Lipinski definition) is 3. The SMILES string of the molecule is C[C@@H](CCO)Nc1ccc(F)cn1. The Morgan fingerprint density at radius 1 is 1.62 bits per heavy atom. The van der Waals surface area contributed by atoms with Crippen LogP contribution in [0.25, 0.3) is 0 Å². The van der Waals surface area contributed by atoms with Gasteiger partial charge in [0, 0.05) is 12.6 Å². The van der Waals surface area contributed by atoms with Crippen molar-refractivity contribution in [1.82, 2.24) is 4.98 Å². The molecule has 1 rings (SSSR count). The number of hydrogen-bond donors (Lipinski definition) is 2. The van der Waals surface area contributed by atoms with Gasteiger partial charge in [-0.15, -0.1) is 0 Å². The number of aliphatic hydroxyl groups excluding tert-OH is 1. The summed E-state index contributed by atoms with van der Waals surface area (Å²) in [4.78, 5) is 3.83. The number of halogens is 1. The van der Waals surface area contributed by atoms with Crippen LogP contribution in [0.4, 0.5) is 10.2 Å². The third-order valence-electron chi connectivity index (χ3n) is 1.68. The molecule has 1 heterocycles. The lowest BCUT2D eigenvalue weighted by atomic mass is 10.2. The molecule has 2 N–H and O–H groups in total. The van der Waals surface area contributed by atoms with Crippen LogP contribution >= 0.6 is 0 Å². The monoisotopic (exact) mass is 184 g/mol. The molecule has 3 nitrogen and oxygen atoms in total. The van der Waals surface area contributed by atoms with E-state index < -0.39 is 0 Å². The van der Waals surface area contributed by atoms with E-state index in [0.717, 1.165) is 6.20 Å². The highest BCUT2D eigenvalue weighted by Gasteiger charge is 2.01. The van der Waals surface area contributed by atoms with Crippen LogP contribution in [0.15, 0.2) is 18.3 Å². The lowest BCUT2D eigenvalue weighted by Gasteiger charge is -2.12. The molecule has 1 aromatic heterocycles. The molecular weight excluding hydrogens is 171 g/mol. The van der Waals surface area contributed by atoms with Crippen molar-refractivity contribution in [1.29, 1.82) is 0 Å². The third-order valence-corrected chi connectivity index (χ3v) is 1.68. The van der Waals surface area contributed by atoms with Gasteiger partial charge in [-0.25, -0.2) is 9.37 Å². The Morgan fingerprint density at radius 2 is 2.38 bits per heavy atom. The van der Waals surface area contributed by atoms with Gasteiger partial charge >= 0.3 is 0 Å². The minimum absolute atomic E-state index is 0.134. The molecule has 0 bridgehead atoms. The van der Waals surface area contributed by atoms with Crippen LogP contribution in [0.1, 0.15) is 13.3 Å². The second-order valence-corrected chi connectivity index (χ2v) is 2.92. The van der Waals surface area contributed by atoms with E-state index in [0.29, 0.717) is 12.2 Å². The predicted octanol–water partition coefficient (Wildman–Crippen LogP) is 1.40. The Kier molecular flexibility index (Phi) is 3.64. The highest BCUT2D eigenvalue weighted by Crippen LogP contribution is 2.06. The molecule has 0 unspecified atom stereocenters. The maximum absolute atomic E-state index is 12.4. The van der Waals surface area contributed by atoms with E-state index in [1.54, 1.807) is 6.07 Å². The van der Waals surface area contributed by atoms with Gasteiger partial charge in [0.05, 0.1) is 6.20 Å².